The average Bonchev–Trinajstić information content (AvgIpc) is 3.03. The van der Waals surface area contributed by atoms with Crippen LogP contribution in [0, 0.1) is 0 Å². The largest absolute Gasteiger partial charge is 0.309 e. The van der Waals surface area contributed by atoms with Crippen molar-refractivity contribution < 1.29 is 0 Å². The number of hydrogen-bond donors (Lipinski definition) is 1. The SMILES string of the molecule is CCNC(Cc1cn(C)nn1)c1nn(C)c2ccccc12. The Kier molecular flexibility index (Phi) is 3.70. The Morgan fingerprint density at radius 3 is 2.76 bits per heavy atom. The molecule has 0 spiro atoms. The normalized spacial score (nSPS) is 12.9. The summed E-state index contributed by atoms with van der Waals surface area (Å²) in [7, 11) is 3.87. The average molecular weight is 284 g/mol. The highest BCUT2D eigenvalue weighted by atomic mass is 15.4. The number of fused-ring (bicyclic) bond motifs is 1. The van der Waals surface area contributed by atoms with E-state index in [0.717, 1.165) is 29.9 Å². The molecule has 3 rings (SSSR count). The monoisotopic (exact) mass is 284 g/mol. The molecular formula is C15H20N6. The van der Waals surface area contributed by atoms with Crippen molar-refractivity contribution in [3.8, 4) is 0 Å². The summed E-state index contributed by atoms with van der Waals surface area (Å²) < 4.78 is 3.67. The van der Waals surface area contributed by atoms with Gasteiger partial charge in [0, 0.05) is 32.1 Å². The summed E-state index contributed by atoms with van der Waals surface area (Å²) >= 11 is 0. The third-order valence-corrected chi connectivity index (χ3v) is 3.63. The van der Waals surface area contributed by atoms with Gasteiger partial charge in [-0.05, 0) is 12.6 Å². The van der Waals surface area contributed by atoms with Gasteiger partial charge in [-0.3, -0.25) is 9.36 Å². The standard InChI is InChI=1S/C15H20N6/c1-4-16-13(9-11-10-20(2)19-17-11)15-12-7-5-6-8-14(12)21(3)18-15/h5-8,10,13,16H,4,9H2,1-3H3. The van der Waals surface area contributed by atoms with Gasteiger partial charge >= 0.3 is 0 Å². The molecule has 0 saturated heterocycles. The summed E-state index contributed by atoms with van der Waals surface area (Å²) in [6.45, 7) is 2.99. The van der Waals surface area contributed by atoms with Crippen LogP contribution >= 0.6 is 0 Å². The van der Waals surface area contributed by atoms with E-state index in [-0.39, 0.29) is 6.04 Å². The van der Waals surface area contributed by atoms with Gasteiger partial charge in [-0.1, -0.05) is 30.3 Å². The van der Waals surface area contributed by atoms with Gasteiger partial charge in [-0.2, -0.15) is 5.10 Å². The van der Waals surface area contributed by atoms with Crippen LogP contribution in [-0.2, 0) is 20.5 Å². The van der Waals surface area contributed by atoms with Crippen LogP contribution in [0.25, 0.3) is 10.9 Å². The molecule has 0 radical (unpaired) electrons. The number of benzene rings is 1. The predicted octanol–water partition coefficient (Wildman–Crippen LogP) is 1.60. The molecule has 0 aliphatic rings. The molecule has 1 unspecified atom stereocenters. The van der Waals surface area contributed by atoms with Gasteiger partial charge in [-0.25, -0.2) is 0 Å². The summed E-state index contributed by atoms with van der Waals surface area (Å²) in [5, 5.41) is 17.6. The van der Waals surface area contributed by atoms with Crippen LogP contribution in [0.5, 0.6) is 0 Å². The fourth-order valence-corrected chi connectivity index (χ4v) is 2.71. The van der Waals surface area contributed by atoms with Crippen LogP contribution < -0.4 is 5.32 Å². The predicted molar refractivity (Wildman–Crippen MR) is 81.8 cm³/mol. The van der Waals surface area contributed by atoms with Gasteiger partial charge in [0.25, 0.3) is 0 Å². The third-order valence-electron chi connectivity index (χ3n) is 3.63. The molecule has 0 amide bonds. The second-order valence-corrected chi connectivity index (χ2v) is 5.22. The van der Waals surface area contributed by atoms with Crippen molar-refractivity contribution >= 4 is 10.9 Å². The molecule has 21 heavy (non-hydrogen) atoms. The zero-order chi connectivity index (χ0) is 14.8. The number of hydrogen-bond acceptors (Lipinski definition) is 4. The summed E-state index contributed by atoms with van der Waals surface area (Å²) in [5.41, 5.74) is 3.19. The molecule has 0 fully saturated rings. The van der Waals surface area contributed by atoms with E-state index in [1.54, 1.807) is 4.68 Å². The second-order valence-electron chi connectivity index (χ2n) is 5.22. The topological polar surface area (TPSA) is 60.6 Å². The molecule has 1 atom stereocenters. The van der Waals surface area contributed by atoms with Crippen LogP contribution in [0.2, 0.25) is 0 Å². The minimum absolute atomic E-state index is 0.137. The number of aromatic nitrogens is 5. The van der Waals surface area contributed by atoms with Crippen molar-refractivity contribution in [2.24, 2.45) is 14.1 Å². The van der Waals surface area contributed by atoms with Crippen LogP contribution in [0.4, 0.5) is 0 Å². The third kappa shape index (κ3) is 2.67. The molecule has 0 aliphatic carbocycles. The molecule has 1 aromatic carbocycles. The Labute approximate surface area is 123 Å². The van der Waals surface area contributed by atoms with Crippen molar-refractivity contribution in [2.75, 3.05) is 6.54 Å². The number of nitrogens with one attached hydrogen (secondary N) is 1. The zero-order valence-corrected chi connectivity index (χ0v) is 12.6. The fraction of sp³-hybridized carbons (Fsp3) is 0.400. The summed E-state index contributed by atoms with van der Waals surface area (Å²) in [5.74, 6) is 0. The van der Waals surface area contributed by atoms with Gasteiger partial charge in [0.2, 0.25) is 0 Å². The number of rotatable bonds is 5. The van der Waals surface area contributed by atoms with E-state index in [1.807, 2.05) is 31.0 Å². The number of nitrogens with zero attached hydrogens (tertiary/aromatic N) is 5. The maximum Gasteiger partial charge on any atom is 0.0876 e. The highest BCUT2D eigenvalue weighted by molar-refractivity contribution is 5.82. The van der Waals surface area contributed by atoms with Gasteiger partial charge < -0.3 is 5.32 Å². The summed E-state index contributed by atoms with van der Waals surface area (Å²) in [6, 6.07) is 8.45. The Balaban J connectivity index is 1.99. The minimum atomic E-state index is 0.137. The lowest BCUT2D eigenvalue weighted by Crippen LogP contribution is -2.24. The van der Waals surface area contributed by atoms with E-state index < -0.39 is 0 Å². The molecule has 3 aromatic rings. The Morgan fingerprint density at radius 1 is 1.24 bits per heavy atom. The maximum absolute atomic E-state index is 4.71. The zero-order valence-electron chi connectivity index (χ0n) is 12.6. The number of aryl methyl sites for hydroxylation is 2. The van der Waals surface area contributed by atoms with E-state index in [1.165, 1.54) is 5.39 Å². The molecule has 0 bridgehead atoms. The van der Waals surface area contributed by atoms with Crippen molar-refractivity contribution in [2.45, 2.75) is 19.4 Å². The highest BCUT2D eigenvalue weighted by Gasteiger charge is 2.19. The van der Waals surface area contributed by atoms with Crippen LogP contribution in [0.15, 0.2) is 30.5 Å². The minimum Gasteiger partial charge on any atom is -0.309 e. The molecule has 0 saturated carbocycles. The molecule has 2 heterocycles. The molecule has 0 aliphatic heterocycles. The molecule has 2 aromatic heterocycles. The highest BCUT2D eigenvalue weighted by Crippen LogP contribution is 2.25. The molecule has 110 valence electrons. The van der Waals surface area contributed by atoms with Crippen molar-refractivity contribution in [1.29, 1.82) is 0 Å². The van der Waals surface area contributed by atoms with E-state index >= 15 is 0 Å². The smallest absolute Gasteiger partial charge is 0.0876 e. The first-order chi connectivity index (χ1) is 10.2. The van der Waals surface area contributed by atoms with Gasteiger partial charge in [0.1, 0.15) is 0 Å². The lowest BCUT2D eigenvalue weighted by atomic mass is 10.0. The van der Waals surface area contributed by atoms with Crippen molar-refractivity contribution in [3.63, 3.8) is 0 Å². The first kappa shape index (κ1) is 13.8. The molecular weight excluding hydrogens is 264 g/mol. The lowest BCUT2D eigenvalue weighted by Gasteiger charge is -2.14. The van der Waals surface area contributed by atoms with Crippen LogP contribution in [0.3, 0.4) is 0 Å². The van der Waals surface area contributed by atoms with Crippen LogP contribution in [0.1, 0.15) is 24.4 Å². The second kappa shape index (κ2) is 5.65. The molecule has 6 heteroatoms. The first-order valence-electron chi connectivity index (χ1n) is 7.19. The quantitative estimate of drug-likeness (QED) is 0.773. The van der Waals surface area contributed by atoms with Crippen LogP contribution in [-0.4, -0.2) is 31.3 Å². The van der Waals surface area contributed by atoms with Crippen molar-refractivity contribution in [1.82, 2.24) is 30.1 Å². The molecule has 1 N–H and O–H groups in total. The number of likely N-dealkylation sites (N-methyl/N-ethyl adjacent to an activating group) is 1. The van der Waals surface area contributed by atoms with Crippen molar-refractivity contribution in [3.05, 3.63) is 41.9 Å². The fourth-order valence-electron chi connectivity index (χ4n) is 2.71. The van der Waals surface area contributed by atoms with Gasteiger partial charge in [0.05, 0.1) is 22.9 Å². The lowest BCUT2D eigenvalue weighted by molar-refractivity contribution is 0.525. The summed E-state index contributed by atoms with van der Waals surface area (Å²) in [6.07, 6.45) is 2.73. The summed E-state index contributed by atoms with van der Waals surface area (Å²) in [4.78, 5) is 0. The first-order valence-corrected chi connectivity index (χ1v) is 7.19. The maximum atomic E-state index is 4.71. The Hall–Kier alpha value is -2.21. The van der Waals surface area contributed by atoms with E-state index in [4.69, 9.17) is 5.10 Å². The van der Waals surface area contributed by atoms with E-state index in [0.29, 0.717) is 0 Å². The van der Waals surface area contributed by atoms with E-state index in [2.05, 4.69) is 40.8 Å². The Bertz CT molecular complexity index is 742. The van der Waals surface area contributed by atoms with E-state index in [9.17, 15) is 0 Å². The van der Waals surface area contributed by atoms with Gasteiger partial charge in [0.15, 0.2) is 0 Å². The molecule has 6 nitrogen and oxygen atoms in total. The van der Waals surface area contributed by atoms with Gasteiger partial charge in [-0.15, -0.1) is 5.10 Å². The number of para-hydroxylation sites is 1. The Morgan fingerprint density at radius 2 is 2.05 bits per heavy atom.